The van der Waals surface area contributed by atoms with Gasteiger partial charge >= 0.3 is 0 Å². The summed E-state index contributed by atoms with van der Waals surface area (Å²) in [6.07, 6.45) is 0.911. The van der Waals surface area contributed by atoms with Crippen molar-refractivity contribution in [3.63, 3.8) is 0 Å². The van der Waals surface area contributed by atoms with E-state index in [1.807, 2.05) is 42.1 Å². The van der Waals surface area contributed by atoms with Crippen LogP contribution in [0.2, 0.25) is 0 Å². The second-order valence-corrected chi connectivity index (χ2v) is 8.27. The maximum atomic E-state index is 5.99. The van der Waals surface area contributed by atoms with Gasteiger partial charge in [0.25, 0.3) is 0 Å². The molecule has 0 spiro atoms. The minimum Gasteiger partial charge on any atom is -0.478 e. The summed E-state index contributed by atoms with van der Waals surface area (Å²) in [4.78, 5) is 6.93. The summed E-state index contributed by atoms with van der Waals surface area (Å²) in [5.41, 5.74) is 2.40. The van der Waals surface area contributed by atoms with Crippen LogP contribution in [0.25, 0.3) is 0 Å². The normalized spacial score (nSPS) is 19.8. The Kier molecular flexibility index (Phi) is 6.87. The highest BCUT2D eigenvalue weighted by Crippen LogP contribution is 2.32. The molecule has 4 rings (SSSR count). The Labute approximate surface area is 176 Å². The Morgan fingerprint density at radius 2 is 1.45 bits per heavy atom. The first-order valence-corrected chi connectivity index (χ1v) is 11.0. The molecule has 1 fully saturated rings. The van der Waals surface area contributed by atoms with Gasteiger partial charge in [-0.3, -0.25) is 0 Å². The highest BCUT2D eigenvalue weighted by molar-refractivity contribution is 7.99. The summed E-state index contributed by atoms with van der Waals surface area (Å²) >= 11 is 1.88. The Morgan fingerprint density at radius 1 is 0.828 bits per heavy atom. The molecule has 3 aromatic rings. The third-order valence-corrected chi connectivity index (χ3v) is 6.27. The van der Waals surface area contributed by atoms with Gasteiger partial charge in [0.1, 0.15) is 6.61 Å². The van der Waals surface area contributed by atoms with E-state index in [1.54, 1.807) is 0 Å². The number of hydrogen-bond acceptors (Lipinski definition) is 4. The van der Waals surface area contributed by atoms with Crippen molar-refractivity contribution in [2.24, 2.45) is 17.0 Å². The molecule has 0 saturated carbocycles. The van der Waals surface area contributed by atoms with Crippen LogP contribution in [0, 0.1) is 11.8 Å². The third-order valence-electron chi connectivity index (χ3n) is 5.07. The lowest BCUT2D eigenvalue weighted by Gasteiger charge is -2.16. The molecule has 0 radical (unpaired) electrons. The van der Waals surface area contributed by atoms with E-state index in [4.69, 9.17) is 9.57 Å². The van der Waals surface area contributed by atoms with Crippen LogP contribution in [0.5, 0.6) is 0 Å². The molecular formula is C25H25NO2S. The molecule has 4 heteroatoms. The van der Waals surface area contributed by atoms with Crippen molar-refractivity contribution in [3.8, 4) is 0 Å². The molecule has 29 heavy (non-hydrogen) atoms. The van der Waals surface area contributed by atoms with Crippen LogP contribution in [0.15, 0.2) is 101 Å². The topological polar surface area (TPSA) is 30.8 Å². The molecule has 1 aliphatic heterocycles. The van der Waals surface area contributed by atoms with Crippen molar-refractivity contribution < 1.29 is 9.57 Å². The van der Waals surface area contributed by atoms with Crippen molar-refractivity contribution >= 4 is 17.7 Å². The zero-order valence-electron chi connectivity index (χ0n) is 16.3. The minimum absolute atomic E-state index is 0.226. The monoisotopic (exact) mass is 403 g/mol. The number of hydrogen-bond donors (Lipinski definition) is 0. The van der Waals surface area contributed by atoms with Gasteiger partial charge < -0.3 is 9.57 Å². The van der Waals surface area contributed by atoms with E-state index in [-0.39, 0.29) is 5.92 Å². The number of ether oxygens (including phenoxy) is 1. The van der Waals surface area contributed by atoms with Crippen molar-refractivity contribution in [2.75, 3.05) is 12.4 Å². The van der Waals surface area contributed by atoms with Gasteiger partial charge in [0.15, 0.2) is 0 Å². The van der Waals surface area contributed by atoms with Crippen molar-refractivity contribution in [2.45, 2.75) is 17.9 Å². The standard InChI is InChI=1S/C25H25NO2S/c1-4-10-20(11-5-1)16-24-22(19-29-23-14-8-3-9-15-23)18-27-25(24)26-28-17-21-12-6-2-7-13-21/h1-15,22,24H,16-19H2/b26-25-/t22-,24-/m1/s1. The van der Waals surface area contributed by atoms with E-state index < -0.39 is 0 Å². The summed E-state index contributed by atoms with van der Waals surface area (Å²) < 4.78 is 5.99. The fourth-order valence-corrected chi connectivity index (χ4v) is 4.55. The quantitative estimate of drug-likeness (QED) is 0.351. The van der Waals surface area contributed by atoms with Gasteiger partial charge in [-0.1, -0.05) is 84.0 Å². The SMILES string of the molecule is c1ccc(CO/N=C2\OC[C@H](CSc3ccccc3)[C@H]2Cc2ccccc2)cc1. The molecule has 0 N–H and O–H groups in total. The van der Waals surface area contributed by atoms with Gasteiger partial charge in [0, 0.05) is 22.5 Å². The molecule has 3 nitrogen and oxygen atoms in total. The van der Waals surface area contributed by atoms with Gasteiger partial charge in [-0.25, -0.2) is 0 Å². The predicted octanol–water partition coefficient (Wildman–Crippen LogP) is 5.81. The molecule has 2 atom stereocenters. The van der Waals surface area contributed by atoms with Crippen LogP contribution >= 0.6 is 11.8 Å². The summed E-state index contributed by atoms with van der Waals surface area (Å²) in [6.45, 7) is 1.14. The lowest BCUT2D eigenvalue weighted by Crippen LogP contribution is -2.21. The van der Waals surface area contributed by atoms with Gasteiger partial charge in [0.2, 0.25) is 5.90 Å². The average molecular weight is 404 g/mol. The Bertz CT molecular complexity index is 900. The number of oxime groups is 1. The van der Waals surface area contributed by atoms with Gasteiger partial charge in [-0.05, 0) is 29.7 Å². The molecule has 0 unspecified atom stereocenters. The van der Waals surface area contributed by atoms with E-state index in [1.165, 1.54) is 10.5 Å². The molecule has 0 bridgehead atoms. The summed E-state index contributed by atoms with van der Waals surface area (Å²) in [6, 6.07) is 31.2. The first-order chi connectivity index (χ1) is 14.4. The van der Waals surface area contributed by atoms with E-state index >= 15 is 0 Å². The Balaban J connectivity index is 1.43. The predicted molar refractivity (Wildman–Crippen MR) is 119 cm³/mol. The third kappa shape index (κ3) is 5.64. The highest BCUT2D eigenvalue weighted by atomic mass is 32.2. The van der Waals surface area contributed by atoms with E-state index in [9.17, 15) is 0 Å². The number of thioether (sulfide) groups is 1. The molecule has 1 heterocycles. The fourth-order valence-electron chi connectivity index (χ4n) is 3.46. The zero-order valence-corrected chi connectivity index (χ0v) is 17.1. The van der Waals surface area contributed by atoms with E-state index in [0.717, 1.165) is 23.6 Å². The first-order valence-electron chi connectivity index (χ1n) is 9.97. The highest BCUT2D eigenvalue weighted by Gasteiger charge is 2.35. The van der Waals surface area contributed by atoms with E-state index in [0.29, 0.717) is 19.1 Å². The number of nitrogens with zero attached hydrogens (tertiary/aromatic N) is 1. The van der Waals surface area contributed by atoms with Crippen molar-refractivity contribution in [1.82, 2.24) is 0 Å². The molecule has 3 aromatic carbocycles. The Hall–Kier alpha value is -2.72. The molecule has 0 amide bonds. The first kappa shape index (κ1) is 19.6. The lowest BCUT2D eigenvalue weighted by atomic mass is 9.90. The second kappa shape index (κ2) is 10.2. The van der Waals surface area contributed by atoms with Gasteiger partial charge in [-0.15, -0.1) is 11.8 Å². The smallest absolute Gasteiger partial charge is 0.229 e. The lowest BCUT2D eigenvalue weighted by molar-refractivity contribution is 0.120. The van der Waals surface area contributed by atoms with Crippen LogP contribution in [-0.2, 0) is 22.6 Å². The second-order valence-electron chi connectivity index (χ2n) is 7.18. The number of benzene rings is 3. The minimum atomic E-state index is 0.226. The van der Waals surface area contributed by atoms with Crippen molar-refractivity contribution in [3.05, 3.63) is 102 Å². The average Bonchev–Trinajstić information content (AvgIpc) is 3.16. The molecule has 0 aromatic heterocycles. The molecule has 0 aliphatic carbocycles. The summed E-state index contributed by atoms with van der Waals surface area (Å²) in [7, 11) is 0. The fraction of sp³-hybridized carbons (Fsp3) is 0.240. The largest absolute Gasteiger partial charge is 0.478 e. The molecular weight excluding hydrogens is 378 g/mol. The van der Waals surface area contributed by atoms with Crippen LogP contribution < -0.4 is 0 Å². The van der Waals surface area contributed by atoms with Crippen LogP contribution in [0.1, 0.15) is 11.1 Å². The van der Waals surface area contributed by atoms with Crippen molar-refractivity contribution in [1.29, 1.82) is 0 Å². The van der Waals surface area contributed by atoms with Crippen LogP contribution in [0.3, 0.4) is 0 Å². The maximum Gasteiger partial charge on any atom is 0.229 e. The van der Waals surface area contributed by atoms with Crippen LogP contribution in [-0.4, -0.2) is 18.3 Å². The van der Waals surface area contributed by atoms with Gasteiger partial charge in [-0.2, -0.15) is 0 Å². The summed E-state index contributed by atoms with van der Waals surface area (Å²) in [5, 5.41) is 4.39. The zero-order chi connectivity index (χ0) is 19.7. The molecule has 1 aliphatic rings. The molecule has 148 valence electrons. The number of rotatable bonds is 8. The maximum absolute atomic E-state index is 5.99. The Morgan fingerprint density at radius 3 is 2.14 bits per heavy atom. The van der Waals surface area contributed by atoms with Gasteiger partial charge in [0.05, 0.1) is 6.61 Å². The van der Waals surface area contributed by atoms with E-state index in [2.05, 4.69) is 65.8 Å². The summed E-state index contributed by atoms with van der Waals surface area (Å²) in [5.74, 6) is 2.35. The molecule has 1 saturated heterocycles. The van der Waals surface area contributed by atoms with Crippen LogP contribution in [0.4, 0.5) is 0 Å².